The molecule has 1 aromatic heterocycles. The molecule has 4 nitrogen and oxygen atoms in total. The Morgan fingerprint density at radius 2 is 2.00 bits per heavy atom. The zero-order chi connectivity index (χ0) is 13.7. The fraction of sp³-hybridized carbons (Fsp3) is 0.714. The first kappa shape index (κ1) is 14.4. The number of anilines is 2. The summed E-state index contributed by atoms with van der Waals surface area (Å²) >= 11 is 1.97. The molecule has 5 heteroatoms. The number of nitrogens with one attached hydrogen (secondary N) is 2. The summed E-state index contributed by atoms with van der Waals surface area (Å²) in [6.45, 7) is 2.15. The SMILES string of the molecule is CCc1c(NC)ncnc1NC1CCCCC1SC. The second kappa shape index (κ2) is 6.98. The van der Waals surface area contributed by atoms with Gasteiger partial charge in [-0.2, -0.15) is 11.8 Å². The Labute approximate surface area is 120 Å². The highest BCUT2D eigenvalue weighted by Crippen LogP contribution is 2.30. The number of hydrogen-bond donors (Lipinski definition) is 2. The van der Waals surface area contributed by atoms with Crippen molar-refractivity contribution >= 4 is 23.4 Å². The van der Waals surface area contributed by atoms with Crippen LogP contribution in [0.5, 0.6) is 0 Å². The molecule has 2 unspecified atom stereocenters. The summed E-state index contributed by atoms with van der Waals surface area (Å²) in [5.74, 6) is 1.95. The van der Waals surface area contributed by atoms with Gasteiger partial charge >= 0.3 is 0 Å². The van der Waals surface area contributed by atoms with Gasteiger partial charge in [-0.25, -0.2) is 9.97 Å². The van der Waals surface area contributed by atoms with Gasteiger partial charge in [-0.05, 0) is 25.5 Å². The predicted molar refractivity (Wildman–Crippen MR) is 84.1 cm³/mol. The van der Waals surface area contributed by atoms with Gasteiger partial charge in [0.25, 0.3) is 0 Å². The van der Waals surface area contributed by atoms with E-state index in [4.69, 9.17) is 0 Å². The molecule has 2 atom stereocenters. The smallest absolute Gasteiger partial charge is 0.134 e. The minimum Gasteiger partial charge on any atom is -0.373 e. The van der Waals surface area contributed by atoms with E-state index in [9.17, 15) is 0 Å². The molecule has 0 amide bonds. The van der Waals surface area contributed by atoms with Crippen LogP contribution in [0.1, 0.15) is 38.2 Å². The Balaban J connectivity index is 2.17. The van der Waals surface area contributed by atoms with Crippen molar-refractivity contribution in [2.24, 2.45) is 0 Å². The van der Waals surface area contributed by atoms with E-state index in [1.807, 2.05) is 18.8 Å². The summed E-state index contributed by atoms with van der Waals surface area (Å²) in [6, 6.07) is 0.536. The zero-order valence-electron chi connectivity index (χ0n) is 12.1. The normalized spacial score (nSPS) is 23.1. The van der Waals surface area contributed by atoms with E-state index >= 15 is 0 Å². The van der Waals surface area contributed by atoms with Crippen molar-refractivity contribution in [3.05, 3.63) is 11.9 Å². The third kappa shape index (κ3) is 3.32. The van der Waals surface area contributed by atoms with Gasteiger partial charge in [0.1, 0.15) is 18.0 Å². The van der Waals surface area contributed by atoms with Crippen LogP contribution in [-0.2, 0) is 6.42 Å². The van der Waals surface area contributed by atoms with Crippen LogP contribution in [0.2, 0.25) is 0 Å². The number of aromatic nitrogens is 2. The van der Waals surface area contributed by atoms with E-state index in [0.717, 1.165) is 18.1 Å². The van der Waals surface area contributed by atoms with Crippen LogP contribution in [0, 0.1) is 0 Å². The summed E-state index contributed by atoms with van der Waals surface area (Å²) in [4.78, 5) is 8.74. The highest BCUT2D eigenvalue weighted by Gasteiger charge is 2.25. The summed E-state index contributed by atoms with van der Waals surface area (Å²) in [7, 11) is 1.91. The fourth-order valence-corrected chi connectivity index (χ4v) is 3.74. The second-order valence-electron chi connectivity index (χ2n) is 4.96. The van der Waals surface area contributed by atoms with Crippen LogP contribution < -0.4 is 10.6 Å². The van der Waals surface area contributed by atoms with Crippen molar-refractivity contribution in [3.8, 4) is 0 Å². The van der Waals surface area contributed by atoms with Crippen molar-refractivity contribution in [2.75, 3.05) is 23.9 Å². The quantitative estimate of drug-likeness (QED) is 0.867. The maximum absolute atomic E-state index is 4.45. The van der Waals surface area contributed by atoms with E-state index in [0.29, 0.717) is 11.3 Å². The van der Waals surface area contributed by atoms with Gasteiger partial charge in [0.05, 0.1) is 0 Å². The highest BCUT2D eigenvalue weighted by atomic mass is 32.2. The van der Waals surface area contributed by atoms with Gasteiger partial charge in [0.15, 0.2) is 0 Å². The Hall–Kier alpha value is -0.970. The van der Waals surface area contributed by atoms with E-state index in [1.54, 1.807) is 6.33 Å². The Bertz CT molecular complexity index is 410. The van der Waals surface area contributed by atoms with E-state index in [2.05, 4.69) is 33.8 Å². The lowest BCUT2D eigenvalue weighted by Crippen LogP contribution is -2.35. The molecule has 0 spiro atoms. The third-order valence-electron chi connectivity index (χ3n) is 3.86. The first-order valence-electron chi connectivity index (χ1n) is 7.11. The number of thioether (sulfide) groups is 1. The van der Waals surface area contributed by atoms with Gasteiger partial charge < -0.3 is 10.6 Å². The van der Waals surface area contributed by atoms with Crippen LogP contribution in [0.25, 0.3) is 0 Å². The fourth-order valence-electron chi connectivity index (χ4n) is 2.81. The molecule has 106 valence electrons. The van der Waals surface area contributed by atoms with Crippen molar-refractivity contribution in [3.63, 3.8) is 0 Å². The molecule has 1 heterocycles. The van der Waals surface area contributed by atoms with Gasteiger partial charge in [0, 0.05) is 23.9 Å². The standard InChI is InChI=1S/C14H24N4S/c1-4-10-13(15-2)16-9-17-14(10)18-11-7-5-6-8-12(11)19-3/h9,11-12H,4-8H2,1-3H3,(H2,15,16,17,18). The van der Waals surface area contributed by atoms with Crippen LogP contribution in [0.15, 0.2) is 6.33 Å². The molecular formula is C14H24N4S. The lowest BCUT2D eigenvalue weighted by molar-refractivity contribution is 0.474. The maximum atomic E-state index is 4.45. The van der Waals surface area contributed by atoms with Crippen molar-refractivity contribution in [2.45, 2.75) is 50.3 Å². The van der Waals surface area contributed by atoms with E-state index in [-0.39, 0.29) is 0 Å². The molecule has 1 aliphatic carbocycles. The molecule has 0 radical (unpaired) electrons. The summed E-state index contributed by atoms with van der Waals surface area (Å²) in [5.41, 5.74) is 1.19. The lowest BCUT2D eigenvalue weighted by atomic mass is 9.94. The molecule has 0 aliphatic heterocycles. The first-order valence-corrected chi connectivity index (χ1v) is 8.39. The van der Waals surface area contributed by atoms with Crippen LogP contribution >= 0.6 is 11.8 Å². The molecule has 1 saturated carbocycles. The molecule has 0 aromatic carbocycles. The van der Waals surface area contributed by atoms with Gasteiger partial charge in [-0.15, -0.1) is 0 Å². The molecule has 1 aromatic rings. The lowest BCUT2D eigenvalue weighted by Gasteiger charge is -2.32. The molecule has 2 rings (SSSR count). The zero-order valence-corrected chi connectivity index (χ0v) is 12.9. The monoisotopic (exact) mass is 280 g/mol. The van der Waals surface area contributed by atoms with Gasteiger partial charge in [-0.3, -0.25) is 0 Å². The Morgan fingerprint density at radius 1 is 1.26 bits per heavy atom. The topological polar surface area (TPSA) is 49.8 Å². The molecule has 1 aliphatic rings. The largest absolute Gasteiger partial charge is 0.373 e. The van der Waals surface area contributed by atoms with E-state index in [1.165, 1.54) is 31.2 Å². The molecule has 1 fully saturated rings. The molecule has 0 bridgehead atoms. The predicted octanol–water partition coefficient (Wildman–Crippen LogP) is 3.17. The van der Waals surface area contributed by atoms with Crippen molar-refractivity contribution < 1.29 is 0 Å². The number of hydrogen-bond acceptors (Lipinski definition) is 5. The van der Waals surface area contributed by atoms with Gasteiger partial charge in [0.2, 0.25) is 0 Å². The molecular weight excluding hydrogens is 256 g/mol. The third-order valence-corrected chi connectivity index (χ3v) is 5.03. The molecule has 0 saturated heterocycles. The Morgan fingerprint density at radius 3 is 2.68 bits per heavy atom. The van der Waals surface area contributed by atoms with Crippen molar-refractivity contribution in [1.82, 2.24) is 9.97 Å². The van der Waals surface area contributed by atoms with Crippen molar-refractivity contribution in [1.29, 1.82) is 0 Å². The minimum absolute atomic E-state index is 0.536. The first-order chi connectivity index (χ1) is 9.30. The maximum Gasteiger partial charge on any atom is 0.134 e. The Kier molecular flexibility index (Phi) is 5.31. The average molecular weight is 280 g/mol. The number of nitrogens with zero attached hydrogens (tertiary/aromatic N) is 2. The molecule has 19 heavy (non-hydrogen) atoms. The van der Waals surface area contributed by atoms with Crippen LogP contribution in [0.4, 0.5) is 11.6 Å². The summed E-state index contributed by atoms with van der Waals surface area (Å²) in [6.07, 6.45) is 10.0. The summed E-state index contributed by atoms with van der Waals surface area (Å²) in [5, 5.41) is 7.52. The van der Waals surface area contributed by atoms with E-state index < -0.39 is 0 Å². The average Bonchev–Trinajstić information content (AvgIpc) is 2.47. The second-order valence-corrected chi connectivity index (χ2v) is 6.04. The van der Waals surface area contributed by atoms with Gasteiger partial charge in [-0.1, -0.05) is 19.8 Å². The van der Waals surface area contributed by atoms with Crippen LogP contribution in [0.3, 0.4) is 0 Å². The summed E-state index contributed by atoms with van der Waals surface area (Å²) < 4.78 is 0. The minimum atomic E-state index is 0.536. The number of rotatable bonds is 5. The highest BCUT2D eigenvalue weighted by molar-refractivity contribution is 7.99. The van der Waals surface area contributed by atoms with Crippen LogP contribution in [-0.4, -0.2) is 34.6 Å². The molecule has 2 N–H and O–H groups in total.